The van der Waals surface area contributed by atoms with Gasteiger partial charge in [0.15, 0.2) is 6.10 Å². The lowest BCUT2D eigenvalue weighted by Crippen LogP contribution is -2.28. The lowest BCUT2D eigenvalue weighted by atomic mass is 10.0. The van der Waals surface area contributed by atoms with Gasteiger partial charge >= 0.3 is 11.9 Å². The maximum Gasteiger partial charge on any atom is 0.306 e. The van der Waals surface area contributed by atoms with E-state index >= 15 is 0 Å². The van der Waals surface area contributed by atoms with Gasteiger partial charge in [0.2, 0.25) is 0 Å². The smallest absolute Gasteiger partial charge is 0.306 e. The molecule has 1 atom stereocenters. The molecular weight excluding hydrogens is 801 g/mol. The maximum absolute atomic E-state index is 12.3. The molecule has 0 saturated heterocycles. The number of hydrogen-bond donors (Lipinski definition) is 1. The highest BCUT2D eigenvalue weighted by atomic mass is 16.6. The van der Waals surface area contributed by atoms with E-state index in [4.69, 9.17) is 9.47 Å². The lowest BCUT2D eigenvalue weighted by Gasteiger charge is -2.15. The van der Waals surface area contributed by atoms with Gasteiger partial charge in [0.05, 0.1) is 6.61 Å². The van der Waals surface area contributed by atoms with Crippen LogP contribution in [0.5, 0.6) is 0 Å². The SMILES string of the molecule is CC/C=C\C/C=C\C/C=C\C/C=C\C/C=C\C/C=C\CCCCCCCCCCCCCCCCCCCCC(=O)OC(CO)COC(=O)CCCCCCC/C=C\C/C=C\CCCC. The Morgan fingerprint density at radius 2 is 0.662 bits per heavy atom. The van der Waals surface area contributed by atoms with Gasteiger partial charge in [-0.2, -0.15) is 0 Å². The van der Waals surface area contributed by atoms with Gasteiger partial charge < -0.3 is 14.6 Å². The number of unbranched alkanes of at least 4 members (excludes halogenated alkanes) is 25. The second-order valence-electron chi connectivity index (χ2n) is 17.9. The first kappa shape index (κ1) is 61.8. The molecule has 0 saturated carbocycles. The molecule has 1 unspecified atom stereocenters. The number of esters is 2. The highest BCUT2D eigenvalue weighted by Crippen LogP contribution is 2.16. The van der Waals surface area contributed by atoms with Crippen LogP contribution in [0, 0.1) is 0 Å². The summed E-state index contributed by atoms with van der Waals surface area (Å²) in [5, 5.41) is 9.62. The van der Waals surface area contributed by atoms with Crippen molar-refractivity contribution in [2.45, 2.75) is 258 Å². The highest BCUT2D eigenvalue weighted by molar-refractivity contribution is 5.70. The summed E-state index contributed by atoms with van der Waals surface area (Å²) in [4.78, 5) is 24.4. The van der Waals surface area contributed by atoms with E-state index in [0.29, 0.717) is 12.8 Å². The predicted molar refractivity (Wildman–Crippen MR) is 283 cm³/mol. The number of carbonyl (C=O) groups excluding carboxylic acids is 2. The summed E-state index contributed by atoms with van der Waals surface area (Å²) >= 11 is 0. The summed E-state index contributed by atoms with van der Waals surface area (Å²) < 4.78 is 10.7. The third-order valence-electron chi connectivity index (χ3n) is 11.6. The molecule has 372 valence electrons. The van der Waals surface area contributed by atoms with E-state index in [9.17, 15) is 14.7 Å². The molecule has 5 nitrogen and oxygen atoms in total. The van der Waals surface area contributed by atoms with Crippen molar-refractivity contribution < 1.29 is 24.2 Å². The van der Waals surface area contributed by atoms with E-state index in [-0.39, 0.29) is 25.2 Å². The van der Waals surface area contributed by atoms with Crippen molar-refractivity contribution in [1.82, 2.24) is 0 Å². The van der Waals surface area contributed by atoms with Gasteiger partial charge in [-0.15, -0.1) is 0 Å². The molecule has 0 heterocycles. The first-order valence-corrected chi connectivity index (χ1v) is 27.3. The lowest BCUT2D eigenvalue weighted by molar-refractivity contribution is -0.161. The molecule has 1 N–H and O–H groups in total. The number of hydrogen-bond acceptors (Lipinski definition) is 5. The van der Waals surface area contributed by atoms with Crippen molar-refractivity contribution >= 4 is 11.9 Å². The quantitative estimate of drug-likeness (QED) is 0.0374. The molecule has 5 heteroatoms. The van der Waals surface area contributed by atoms with Crippen molar-refractivity contribution in [3.05, 3.63) is 97.2 Å². The number of aliphatic hydroxyl groups is 1. The summed E-state index contributed by atoms with van der Waals surface area (Å²) in [6, 6.07) is 0. The van der Waals surface area contributed by atoms with E-state index in [2.05, 4.69) is 111 Å². The first-order chi connectivity index (χ1) is 32.1. The first-order valence-electron chi connectivity index (χ1n) is 27.3. The Labute approximate surface area is 402 Å². The molecule has 0 fully saturated rings. The highest BCUT2D eigenvalue weighted by Gasteiger charge is 2.16. The van der Waals surface area contributed by atoms with Crippen molar-refractivity contribution in [1.29, 1.82) is 0 Å². The van der Waals surface area contributed by atoms with Crippen LogP contribution >= 0.6 is 0 Å². The van der Waals surface area contributed by atoms with Crippen molar-refractivity contribution in [2.24, 2.45) is 0 Å². The van der Waals surface area contributed by atoms with Gasteiger partial charge in [-0.3, -0.25) is 9.59 Å². The van der Waals surface area contributed by atoms with Crippen LogP contribution in [0.4, 0.5) is 0 Å². The van der Waals surface area contributed by atoms with E-state index in [1.807, 2.05) is 0 Å². The normalized spacial score (nSPS) is 13.0. The molecule has 0 aromatic rings. The van der Waals surface area contributed by atoms with Crippen molar-refractivity contribution in [3.8, 4) is 0 Å². The van der Waals surface area contributed by atoms with Crippen LogP contribution in [0.2, 0.25) is 0 Å². The van der Waals surface area contributed by atoms with Crippen molar-refractivity contribution in [2.75, 3.05) is 13.2 Å². The molecule has 0 aromatic heterocycles. The molecule has 0 aliphatic carbocycles. The van der Waals surface area contributed by atoms with Crippen LogP contribution in [-0.2, 0) is 19.1 Å². The van der Waals surface area contributed by atoms with Gasteiger partial charge in [0.25, 0.3) is 0 Å². The van der Waals surface area contributed by atoms with Crippen LogP contribution in [0.25, 0.3) is 0 Å². The van der Waals surface area contributed by atoms with Crippen LogP contribution in [0.3, 0.4) is 0 Å². The Hall–Kier alpha value is -3.18. The van der Waals surface area contributed by atoms with E-state index in [1.165, 1.54) is 135 Å². The molecule has 0 aromatic carbocycles. The van der Waals surface area contributed by atoms with Crippen LogP contribution in [-0.4, -0.2) is 36.4 Å². The molecule has 0 aliphatic rings. The zero-order valence-electron chi connectivity index (χ0n) is 42.5. The standard InChI is InChI=1S/C60H102O5/c1-3-5-7-9-11-13-15-17-19-20-21-22-23-24-25-26-27-28-29-30-31-32-33-34-35-36-37-38-39-40-41-43-45-47-49-51-53-55-60(63)65-58(56-61)57-64-59(62)54-52-50-48-46-44-42-18-16-14-12-10-8-6-4-2/h5,7,10-13,16-19,21-22,24-25,27-28,58,61H,3-4,6,8-9,14-15,20,23,26,29-57H2,1-2H3/b7-5-,12-10-,13-11-,18-16-,19-17-,22-21-,25-24-,28-27-. The third kappa shape index (κ3) is 53.3. The van der Waals surface area contributed by atoms with E-state index in [0.717, 1.165) is 89.9 Å². The molecule has 0 radical (unpaired) electrons. The maximum atomic E-state index is 12.3. The fourth-order valence-electron chi connectivity index (χ4n) is 7.52. The zero-order chi connectivity index (χ0) is 47.0. The number of allylic oxidation sites excluding steroid dienone is 16. The van der Waals surface area contributed by atoms with Gasteiger partial charge in [-0.05, 0) is 89.9 Å². The minimum absolute atomic E-state index is 0.0745. The second kappa shape index (κ2) is 55.1. The minimum Gasteiger partial charge on any atom is -0.462 e. The Bertz CT molecular complexity index is 1250. The Kier molecular flexibility index (Phi) is 52.5. The zero-order valence-corrected chi connectivity index (χ0v) is 42.5. The summed E-state index contributed by atoms with van der Waals surface area (Å²) in [6.45, 7) is 3.98. The third-order valence-corrected chi connectivity index (χ3v) is 11.6. The predicted octanol–water partition coefficient (Wildman–Crippen LogP) is 18.4. The Balaban J connectivity index is 3.47. The number of rotatable bonds is 49. The molecule has 0 amide bonds. The van der Waals surface area contributed by atoms with Gasteiger partial charge in [0.1, 0.15) is 6.61 Å². The average molecular weight is 903 g/mol. The molecule has 65 heavy (non-hydrogen) atoms. The molecule has 0 aliphatic heterocycles. The van der Waals surface area contributed by atoms with Crippen LogP contribution in [0.1, 0.15) is 251 Å². The number of ether oxygens (including phenoxy) is 2. The monoisotopic (exact) mass is 903 g/mol. The summed E-state index contributed by atoms with van der Waals surface area (Å²) in [5.74, 6) is -0.604. The van der Waals surface area contributed by atoms with Crippen LogP contribution in [0.15, 0.2) is 97.2 Å². The molecule has 0 spiro atoms. The molecular formula is C60H102O5. The second-order valence-corrected chi connectivity index (χ2v) is 17.9. The van der Waals surface area contributed by atoms with Gasteiger partial charge in [0, 0.05) is 12.8 Å². The van der Waals surface area contributed by atoms with Gasteiger partial charge in [-0.1, -0.05) is 246 Å². The van der Waals surface area contributed by atoms with Crippen LogP contribution < -0.4 is 0 Å². The topological polar surface area (TPSA) is 72.8 Å². The van der Waals surface area contributed by atoms with E-state index < -0.39 is 6.10 Å². The van der Waals surface area contributed by atoms with Crippen molar-refractivity contribution in [3.63, 3.8) is 0 Å². The molecule has 0 bridgehead atoms. The Morgan fingerprint density at radius 1 is 0.369 bits per heavy atom. The fraction of sp³-hybridized carbons (Fsp3) is 0.700. The molecule has 0 rings (SSSR count). The minimum atomic E-state index is -0.780. The summed E-state index contributed by atoms with van der Waals surface area (Å²) in [7, 11) is 0. The van der Waals surface area contributed by atoms with E-state index in [1.54, 1.807) is 0 Å². The average Bonchev–Trinajstić information content (AvgIpc) is 3.31. The number of aliphatic hydroxyl groups excluding tert-OH is 1. The fourth-order valence-corrected chi connectivity index (χ4v) is 7.52. The largest absolute Gasteiger partial charge is 0.462 e. The van der Waals surface area contributed by atoms with Gasteiger partial charge in [-0.25, -0.2) is 0 Å². The summed E-state index contributed by atoms with van der Waals surface area (Å²) in [5.41, 5.74) is 0. The summed E-state index contributed by atoms with van der Waals surface area (Å²) in [6.07, 6.45) is 78.1. The Morgan fingerprint density at radius 3 is 1.00 bits per heavy atom. The number of carbonyl (C=O) groups is 2.